The van der Waals surface area contributed by atoms with Crippen molar-refractivity contribution in [2.24, 2.45) is 10.9 Å². The predicted molar refractivity (Wildman–Crippen MR) is 135 cm³/mol. The van der Waals surface area contributed by atoms with Gasteiger partial charge in [-0.25, -0.2) is 0 Å². The summed E-state index contributed by atoms with van der Waals surface area (Å²) >= 11 is 0. The van der Waals surface area contributed by atoms with E-state index in [-0.39, 0.29) is 38.3 Å². The Morgan fingerprint density at radius 3 is 2.25 bits per heavy atom. The number of hydrogen-bond acceptors (Lipinski definition) is 5. The molecule has 1 unspecified atom stereocenters. The van der Waals surface area contributed by atoms with Crippen molar-refractivity contribution in [2.45, 2.75) is 44.6 Å². The van der Waals surface area contributed by atoms with Crippen LogP contribution in [0.5, 0.6) is 0 Å². The quantitative estimate of drug-likeness (QED) is 0.155. The Morgan fingerprint density at radius 1 is 1.00 bits per heavy atom. The fourth-order valence-electron chi connectivity index (χ4n) is 4.49. The van der Waals surface area contributed by atoms with Crippen molar-refractivity contribution in [3.63, 3.8) is 0 Å². The van der Waals surface area contributed by atoms with Gasteiger partial charge >= 0.3 is 18.3 Å². The van der Waals surface area contributed by atoms with Gasteiger partial charge in [-0.3, -0.25) is 14.6 Å². The number of benzene rings is 2. The van der Waals surface area contributed by atoms with E-state index in [1.807, 2.05) is 19.1 Å². The summed E-state index contributed by atoms with van der Waals surface area (Å²) < 4.78 is 90.4. The molecular formula is C28H30F6N2O4. The number of amides is 1. The van der Waals surface area contributed by atoms with Crippen LogP contribution in [0.4, 0.5) is 26.3 Å². The van der Waals surface area contributed by atoms with Crippen molar-refractivity contribution in [3.8, 4) is 0 Å². The van der Waals surface area contributed by atoms with Crippen LogP contribution in [0.25, 0.3) is 0 Å². The first-order valence-electron chi connectivity index (χ1n) is 12.8. The number of esters is 1. The molecule has 0 bridgehead atoms. The molecule has 0 spiro atoms. The molecule has 12 heteroatoms. The smallest absolute Gasteiger partial charge is 0.416 e. The lowest BCUT2D eigenvalue weighted by Gasteiger charge is -2.39. The number of rotatable bonds is 10. The number of carbonyl (C=O) groups is 2. The van der Waals surface area contributed by atoms with Gasteiger partial charge in [0.1, 0.15) is 13.2 Å². The number of alkyl halides is 6. The maximum atomic E-state index is 13.4. The summed E-state index contributed by atoms with van der Waals surface area (Å²) in [5.74, 6) is -1.61. The Bertz CT molecular complexity index is 1140. The van der Waals surface area contributed by atoms with Crippen LogP contribution in [-0.4, -0.2) is 61.9 Å². The molecule has 3 rings (SSSR count). The first-order valence-corrected chi connectivity index (χ1v) is 12.8. The van der Waals surface area contributed by atoms with E-state index < -0.39 is 47.0 Å². The number of carbonyl (C=O) groups excluding carboxylic acids is 2. The molecule has 0 N–H and O–H groups in total. The Labute approximate surface area is 228 Å². The van der Waals surface area contributed by atoms with Crippen LogP contribution in [-0.2, 0) is 33.0 Å². The zero-order valence-corrected chi connectivity index (χ0v) is 21.8. The predicted octanol–water partition coefficient (Wildman–Crippen LogP) is 5.84. The van der Waals surface area contributed by atoms with Crippen molar-refractivity contribution < 1.29 is 45.4 Å². The maximum absolute atomic E-state index is 13.4. The number of piperidine rings is 1. The van der Waals surface area contributed by atoms with Crippen LogP contribution < -0.4 is 0 Å². The molecule has 1 amide bonds. The number of halogens is 6. The Hall–Kier alpha value is -3.41. The second-order valence-corrected chi connectivity index (χ2v) is 9.33. The van der Waals surface area contributed by atoms with Crippen LogP contribution >= 0.6 is 0 Å². The van der Waals surface area contributed by atoms with E-state index in [0.717, 1.165) is 5.56 Å². The minimum Gasteiger partial charge on any atom is -0.462 e. The Morgan fingerprint density at radius 2 is 1.65 bits per heavy atom. The van der Waals surface area contributed by atoms with Crippen molar-refractivity contribution in [3.05, 3.63) is 70.8 Å². The molecule has 0 radical (unpaired) electrons. The monoisotopic (exact) mass is 572 g/mol. The normalized spacial score (nSPS) is 18.2. The van der Waals surface area contributed by atoms with Gasteiger partial charge in [0.25, 0.3) is 5.91 Å². The van der Waals surface area contributed by atoms with E-state index in [2.05, 4.69) is 4.99 Å². The fourth-order valence-corrected chi connectivity index (χ4v) is 4.49. The summed E-state index contributed by atoms with van der Waals surface area (Å²) in [7, 11) is 0. The van der Waals surface area contributed by atoms with Gasteiger partial charge in [-0.1, -0.05) is 30.3 Å². The van der Waals surface area contributed by atoms with E-state index in [0.29, 0.717) is 38.0 Å². The highest BCUT2D eigenvalue weighted by Crippen LogP contribution is 2.37. The highest BCUT2D eigenvalue weighted by atomic mass is 19.4. The van der Waals surface area contributed by atoms with Gasteiger partial charge in [0.15, 0.2) is 0 Å². The number of hydrogen-bond donors (Lipinski definition) is 0. The third-order valence-corrected chi connectivity index (χ3v) is 6.40. The van der Waals surface area contributed by atoms with Crippen LogP contribution in [0.15, 0.2) is 53.5 Å². The second kappa shape index (κ2) is 13.8. The van der Waals surface area contributed by atoms with Gasteiger partial charge < -0.3 is 14.4 Å². The third-order valence-electron chi connectivity index (χ3n) is 6.40. The van der Waals surface area contributed by atoms with Crippen LogP contribution in [0, 0.1) is 5.92 Å². The lowest BCUT2D eigenvalue weighted by atomic mass is 9.87. The molecule has 40 heavy (non-hydrogen) atoms. The van der Waals surface area contributed by atoms with E-state index >= 15 is 0 Å². The molecular weight excluding hydrogens is 542 g/mol. The molecule has 1 heterocycles. The average Bonchev–Trinajstić information content (AvgIpc) is 2.90. The van der Waals surface area contributed by atoms with Gasteiger partial charge in [0, 0.05) is 31.0 Å². The van der Waals surface area contributed by atoms with E-state index in [1.165, 1.54) is 4.90 Å². The molecule has 0 saturated carbocycles. The summed E-state index contributed by atoms with van der Waals surface area (Å²) in [4.78, 5) is 30.7. The minimum atomic E-state index is -5.06. The molecule has 1 saturated heterocycles. The SMILES string of the molecule is CCOCCOC(=O)CN=CC1CCN(C(=O)c2cc(C(F)(F)F)cc(C(F)(F)F)c2)[C@H](Cc2ccccc2)C1. The average molecular weight is 573 g/mol. The maximum Gasteiger partial charge on any atom is 0.416 e. The van der Waals surface area contributed by atoms with Crippen LogP contribution in [0.3, 0.4) is 0 Å². The third kappa shape index (κ3) is 9.07. The van der Waals surface area contributed by atoms with Gasteiger partial charge in [-0.2, -0.15) is 26.3 Å². The molecule has 0 aliphatic carbocycles. The van der Waals surface area contributed by atoms with Gasteiger partial charge in [-0.15, -0.1) is 0 Å². The fraction of sp³-hybridized carbons (Fsp3) is 0.464. The number of likely N-dealkylation sites (tertiary alicyclic amines) is 1. The standard InChI is InChI=1S/C28H30F6N2O4/c1-2-39-10-11-40-25(37)18-35-17-20-8-9-36(24(13-20)12-19-6-4-3-5-7-19)26(38)21-14-22(27(29,30)31)16-23(15-21)28(32,33)34/h3-7,14-17,20,24H,2,8-13,18H2,1H3/t20?,24-/m1/s1. The number of aliphatic imine (C=N–C) groups is 1. The largest absolute Gasteiger partial charge is 0.462 e. The minimum absolute atomic E-state index is 0.00275. The zero-order chi connectivity index (χ0) is 29.3. The van der Waals surface area contributed by atoms with Crippen molar-refractivity contribution in [1.29, 1.82) is 0 Å². The number of ether oxygens (including phenoxy) is 2. The summed E-state index contributed by atoms with van der Waals surface area (Å²) in [5.41, 5.74) is -2.91. The molecule has 1 aliphatic heterocycles. The van der Waals surface area contributed by atoms with Gasteiger partial charge in [-0.05, 0) is 55.9 Å². The highest BCUT2D eigenvalue weighted by molar-refractivity contribution is 5.95. The van der Waals surface area contributed by atoms with Crippen molar-refractivity contribution in [1.82, 2.24) is 4.90 Å². The lowest BCUT2D eigenvalue weighted by molar-refractivity contribution is -0.144. The summed E-state index contributed by atoms with van der Waals surface area (Å²) in [6.07, 6.45) is -7.47. The topological polar surface area (TPSA) is 68.2 Å². The number of nitrogens with zero attached hydrogens (tertiary/aromatic N) is 2. The van der Waals surface area contributed by atoms with Crippen molar-refractivity contribution in [2.75, 3.05) is 32.9 Å². The summed E-state index contributed by atoms with van der Waals surface area (Å²) in [6.45, 7) is 2.57. The highest BCUT2D eigenvalue weighted by Gasteiger charge is 2.39. The van der Waals surface area contributed by atoms with Gasteiger partial charge in [0.2, 0.25) is 0 Å². The molecule has 218 valence electrons. The summed E-state index contributed by atoms with van der Waals surface area (Å²) in [6, 6.07) is 9.44. The lowest BCUT2D eigenvalue weighted by Crippen LogP contribution is -2.47. The van der Waals surface area contributed by atoms with E-state index in [1.54, 1.807) is 24.4 Å². The molecule has 0 aromatic heterocycles. The molecule has 1 aliphatic rings. The van der Waals surface area contributed by atoms with E-state index in [9.17, 15) is 35.9 Å². The molecule has 2 aromatic rings. The zero-order valence-electron chi connectivity index (χ0n) is 21.8. The molecule has 2 aromatic carbocycles. The first-order chi connectivity index (χ1) is 18.9. The molecule has 1 fully saturated rings. The molecule has 2 atom stereocenters. The van der Waals surface area contributed by atoms with E-state index in [4.69, 9.17) is 9.47 Å². The van der Waals surface area contributed by atoms with Gasteiger partial charge in [0.05, 0.1) is 17.7 Å². The first kappa shape index (κ1) is 31.1. The van der Waals surface area contributed by atoms with Crippen LogP contribution in [0.2, 0.25) is 0 Å². The van der Waals surface area contributed by atoms with Crippen molar-refractivity contribution >= 4 is 18.1 Å². The Balaban J connectivity index is 1.79. The summed E-state index contributed by atoms with van der Waals surface area (Å²) in [5, 5.41) is 0. The molecule has 6 nitrogen and oxygen atoms in total. The second-order valence-electron chi connectivity index (χ2n) is 9.33. The van der Waals surface area contributed by atoms with Crippen LogP contribution in [0.1, 0.15) is 46.8 Å². The Kier molecular flexibility index (Phi) is 10.7.